The topological polar surface area (TPSA) is 15.3 Å². The van der Waals surface area contributed by atoms with Crippen LogP contribution < -0.4 is 5.32 Å². The summed E-state index contributed by atoms with van der Waals surface area (Å²) in [6.07, 6.45) is -2.15. The fraction of sp³-hybridized carbons (Fsp3) is 0.636. The maximum absolute atomic E-state index is 13.8. The van der Waals surface area contributed by atoms with Gasteiger partial charge in [-0.2, -0.15) is 13.2 Å². The number of rotatable bonds is 1. The summed E-state index contributed by atoms with van der Waals surface area (Å²) >= 11 is 0. The van der Waals surface area contributed by atoms with Gasteiger partial charge in [-0.1, -0.05) is 6.08 Å². The molecule has 96 valence electrons. The van der Waals surface area contributed by atoms with Gasteiger partial charge in [-0.15, -0.1) is 0 Å². The SMILES string of the molecule is FC(F)(F)C1(F)C=CC=C(N2CCNCC2)C1. The Bertz CT molecular complexity index is 342. The Balaban J connectivity index is 2.11. The second-order valence-electron chi connectivity index (χ2n) is 4.29. The van der Waals surface area contributed by atoms with Crippen molar-refractivity contribution >= 4 is 0 Å². The molecule has 1 saturated heterocycles. The van der Waals surface area contributed by atoms with E-state index in [1.54, 1.807) is 11.0 Å². The molecule has 0 saturated carbocycles. The van der Waals surface area contributed by atoms with E-state index in [9.17, 15) is 17.6 Å². The molecule has 2 aliphatic rings. The van der Waals surface area contributed by atoms with Gasteiger partial charge in [0.2, 0.25) is 5.67 Å². The molecule has 1 atom stereocenters. The first-order valence-electron chi connectivity index (χ1n) is 5.52. The Morgan fingerprint density at radius 3 is 2.47 bits per heavy atom. The van der Waals surface area contributed by atoms with Crippen LogP contribution in [0.25, 0.3) is 0 Å². The summed E-state index contributed by atoms with van der Waals surface area (Å²) in [5.41, 5.74) is -2.80. The lowest BCUT2D eigenvalue weighted by atomic mass is 9.93. The van der Waals surface area contributed by atoms with E-state index in [0.717, 1.165) is 6.08 Å². The second-order valence-corrected chi connectivity index (χ2v) is 4.29. The van der Waals surface area contributed by atoms with Crippen molar-refractivity contribution in [2.24, 2.45) is 0 Å². The molecule has 1 aliphatic carbocycles. The predicted molar refractivity (Wildman–Crippen MR) is 56.2 cm³/mol. The molecule has 1 fully saturated rings. The Hall–Kier alpha value is -1.04. The number of allylic oxidation sites excluding steroid dienone is 4. The van der Waals surface area contributed by atoms with Gasteiger partial charge < -0.3 is 10.2 Å². The van der Waals surface area contributed by atoms with E-state index in [0.29, 0.717) is 38.0 Å². The third kappa shape index (κ3) is 2.46. The first-order chi connectivity index (χ1) is 7.92. The molecule has 1 unspecified atom stereocenters. The molecule has 6 heteroatoms. The van der Waals surface area contributed by atoms with Crippen molar-refractivity contribution in [1.82, 2.24) is 10.2 Å². The zero-order chi connectivity index (χ0) is 12.5. The highest BCUT2D eigenvalue weighted by Crippen LogP contribution is 2.42. The third-order valence-corrected chi connectivity index (χ3v) is 3.08. The molecule has 17 heavy (non-hydrogen) atoms. The third-order valence-electron chi connectivity index (χ3n) is 3.08. The fourth-order valence-electron chi connectivity index (χ4n) is 2.06. The summed E-state index contributed by atoms with van der Waals surface area (Å²) in [6.45, 7) is 2.67. The maximum atomic E-state index is 13.8. The molecule has 1 heterocycles. The standard InChI is InChI=1S/C11H14F4N2/c12-10(11(13,14)15)3-1-2-9(8-10)17-6-4-16-5-7-17/h1-3,16H,4-8H2. The number of halogens is 4. The van der Waals surface area contributed by atoms with E-state index in [2.05, 4.69) is 5.32 Å². The van der Waals surface area contributed by atoms with E-state index in [4.69, 9.17) is 0 Å². The van der Waals surface area contributed by atoms with Crippen LogP contribution in [0.4, 0.5) is 17.6 Å². The summed E-state index contributed by atoms with van der Waals surface area (Å²) in [7, 11) is 0. The molecule has 0 spiro atoms. The molecule has 0 bridgehead atoms. The summed E-state index contributed by atoms with van der Waals surface area (Å²) in [5.74, 6) is 0. The van der Waals surface area contributed by atoms with Crippen LogP contribution in [-0.4, -0.2) is 42.9 Å². The van der Waals surface area contributed by atoms with Crippen molar-refractivity contribution < 1.29 is 17.6 Å². The molecule has 0 radical (unpaired) electrons. The van der Waals surface area contributed by atoms with E-state index >= 15 is 0 Å². The number of hydrogen-bond acceptors (Lipinski definition) is 2. The summed E-state index contributed by atoms with van der Waals surface area (Å²) < 4.78 is 51.5. The first-order valence-corrected chi connectivity index (χ1v) is 5.52. The van der Waals surface area contributed by atoms with Gasteiger partial charge in [0.05, 0.1) is 0 Å². The first kappa shape index (κ1) is 12.4. The average molecular weight is 250 g/mol. The van der Waals surface area contributed by atoms with Crippen molar-refractivity contribution in [3.05, 3.63) is 23.9 Å². The molecular weight excluding hydrogens is 236 g/mol. The van der Waals surface area contributed by atoms with Crippen LogP contribution in [0.15, 0.2) is 23.9 Å². The number of nitrogens with one attached hydrogen (secondary N) is 1. The van der Waals surface area contributed by atoms with Gasteiger partial charge in [0.1, 0.15) is 0 Å². The Morgan fingerprint density at radius 2 is 1.88 bits per heavy atom. The highest BCUT2D eigenvalue weighted by Gasteiger charge is 2.55. The molecule has 1 N–H and O–H groups in total. The lowest BCUT2D eigenvalue weighted by Crippen LogP contribution is -2.47. The van der Waals surface area contributed by atoms with Gasteiger partial charge in [0.15, 0.2) is 0 Å². The van der Waals surface area contributed by atoms with Crippen LogP contribution >= 0.6 is 0 Å². The molecular formula is C11H14F4N2. The van der Waals surface area contributed by atoms with E-state index < -0.39 is 18.3 Å². The van der Waals surface area contributed by atoms with Crippen molar-refractivity contribution in [3.8, 4) is 0 Å². The quantitative estimate of drug-likeness (QED) is 0.716. The molecule has 0 aromatic carbocycles. The zero-order valence-electron chi connectivity index (χ0n) is 9.23. The fourth-order valence-corrected chi connectivity index (χ4v) is 2.06. The van der Waals surface area contributed by atoms with Crippen LogP contribution in [0.5, 0.6) is 0 Å². The predicted octanol–water partition coefficient (Wildman–Crippen LogP) is 2.01. The maximum Gasteiger partial charge on any atom is 0.426 e. The summed E-state index contributed by atoms with van der Waals surface area (Å²) in [6, 6.07) is 0. The summed E-state index contributed by atoms with van der Waals surface area (Å²) in [4.78, 5) is 1.81. The molecule has 0 aromatic heterocycles. The highest BCUT2D eigenvalue weighted by atomic mass is 19.4. The van der Waals surface area contributed by atoms with Crippen molar-refractivity contribution in [1.29, 1.82) is 0 Å². The highest BCUT2D eigenvalue weighted by molar-refractivity contribution is 5.27. The van der Waals surface area contributed by atoms with Crippen LogP contribution in [0.2, 0.25) is 0 Å². The van der Waals surface area contributed by atoms with Crippen LogP contribution in [0, 0.1) is 0 Å². The normalized spacial score (nSPS) is 30.4. The average Bonchev–Trinajstić information content (AvgIpc) is 2.29. The van der Waals surface area contributed by atoms with Gasteiger partial charge in [-0.3, -0.25) is 0 Å². The molecule has 2 nitrogen and oxygen atoms in total. The van der Waals surface area contributed by atoms with Gasteiger partial charge in [0, 0.05) is 38.3 Å². The lowest BCUT2D eigenvalue weighted by Gasteiger charge is -2.36. The number of piperazine rings is 1. The largest absolute Gasteiger partial charge is 0.426 e. The summed E-state index contributed by atoms with van der Waals surface area (Å²) in [5, 5.41) is 3.10. The van der Waals surface area contributed by atoms with Crippen molar-refractivity contribution in [2.45, 2.75) is 18.3 Å². The minimum atomic E-state index is -4.85. The minimum Gasteiger partial charge on any atom is -0.372 e. The Labute approximate surface area is 97.0 Å². The molecule has 2 rings (SSSR count). The number of hydrogen-bond donors (Lipinski definition) is 1. The molecule has 0 amide bonds. The van der Waals surface area contributed by atoms with Crippen molar-refractivity contribution in [3.63, 3.8) is 0 Å². The second kappa shape index (κ2) is 4.33. The van der Waals surface area contributed by atoms with Gasteiger partial charge in [-0.25, -0.2) is 4.39 Å². The van der Waals surface area contributed by atoms with E-state index in [1.165, 1.54) is 0 Å². The van der Waals surface area contributed by atoms with Crippen molar-refractivity contribution in [2.75, 3.05) is 26.2 Å². The minimum absolute atomic E-state index is 0.425. The Kier molecular flexibility index (Phi) is 3.16. The van der Waals surface area contributed by atoms with Crippen LogP contribution in [-0.2, 0) is 0 Å². The smallest absolute Gasteiger partial charge is 0.372 e. The number of nitrogens with zero attached hydrogens (tertiary/aromatic N) is 1. The van der Waals surface area contributed by atoms with E-state index in [-0.39, 0.29) is 0 Å². The zero-order valence-corrected chi connectivity index (χ0v) is 9.23. The molecule has 0 aromatic rings. The van der Waals surface area contributed by atoms with Gasteiger partial charge in [0.25, 0.3) is 0 Å². The van der Waals surface area contributed by atoms with E-state index in [1.807, 2.05) is 0 Å². The van der Waals surface area contributed by atoms with Gasteiger partial charge in [-0.05, 0) is 12.2 Å². The number of alkyl halides is 4. The van der Waals surface area contributed by atoms with Crippen LogP contribution in [0.3, 0.4) is 0 Å². The van der Waals surface area contributed by atoms with Gasteiger partial charge >= 0.3 is 6.18 Å². The molecule has 1 aliphatic heterocycles. The Morgan fingerprint density at radius 1 is 1.24 bits per heavy atom. The monoisotopic (exact) mass is 250 g/mol. The lowest BCUT2D eigenvalue weighted by molar-refractivity contribution is -0.212. The van der Waals surface area contributed by atoms with Crippen LogP contribution in [0.1, 0.15) is 6.42 Å².